The van der Waals surface area contributed by atoms with Crippen molar-refractivity contribution in [3.8, 4) is 0 Å². The fraction of sp³-hybridized carbons (Fsp3) is 0.615. The summed E-state index contributed by atoms with van der Waals surface area (Å²) in [5, 5.41) is 29.4. The van der Waals surface area contributed by atoms with E-state index in [1.165, 1.54) is 0 Å². The monoisotopic (exact) mass is 374 g/mol. The minimum absolute atomic E-state index is 0.0747. The smallest absolute Gasteiger partial charge is 0.226 e. The highest BCUT2D eigenvalue weighted by Crippen LogP contribution is 2.42. The Kier molecular flexibility index (Phi) is 4.84. The van der Waals surface area contributed by atoms with E-state index in [-0.39, 0.29) is 30.7 Å². The Balaban J connectivity index is 1.93. The van der Waals surface area contributed by atoms with Crippen molar-refractivity contribution < 1.29 is 24.9 Å². The van der Waals surface area contributed by atoms with Crippen molar-refractivity contribution in [1.29, 1.82) is 0 Å². The van der Waals surface area contributed by atoms with Crippen LogP contribution in [0.1, 0.15) is 6.42 Å². The number of hydrogen-bond acceptors (Lipinski definition) is 10. The number of carbonyl (C=O) groups is 1. The molecular weight excluding hydrogens is 356 g/mol. The zero-order valence-corrected chi connectivity index (χ0v) is 13.9. The Morgan fingerprint density at radius 3 is 2.68 bits per heavy atom. The average Bonchev–Trinajstić information content (AvgIpc) is 3.04. The number of aromatic nitrogens is 2. The minimum Gasteiger partial charge on any atom is -0.394 e. The van der Waals surface area contributed by atoms with Gasteiger partial charge in [0.25, 0.3) is 0 Å². The highest BCUT2D eigenvalue weighted by atomic mass is 35.5. The van der Waals surface area contributed by atoms with Gasteiger partial charge in [-0.3, -0.25) is 4.79 Å². The molecule has 2 aliphatic heterocycles. The first-order valence-electron chi connectivity index (χ1n) is 7.58. The number of nitrogens with two attached hydrogens (primary N) is 2. The third-order valence-corrected chi connectivity index (χ3v) is 4.40. The Hall–Kier alpha value is -1.92. The normalized spacial score (nSPS) is 28.5. The number of anilines is 3. The van der Waals surface area contributed by atoms with Crippen LogP contribution in [0.2, 0.25) is 5.28 Å². The maximum atomic E-state index is 11.1. The fourth-order valence-electron chi connectivity index (χ4n) is 3.02. The number of nitrogen functional groups attached to an aromatic ring is 1. The molecule has 12 heteroatoms. The van der Waals surface area contributed by atoms with Crippen LogP contribution in [0.3, 0.4) is 0 Å². The van der Waals surface area contributed by atoms with Crippen LogP contribution in [0.4, 0.5) is 17.3 Å². The molecule has 138 valence electrons. The Bertz CT molecular complexity index is 679. The molecule has 1 saturated heterocycles. The largest absolute Gasteiger partial charge is 0.394 e. The van der Waals surface area contributed by atoms with Gasteiger partial charge >= 0.3 is 0 Å². The van der Waals surface area contributed by atoms with Crippen LogP contribution in [0, 0.1) is 0 Å². The van der Waals surface area contributed by atoms with Gasteiger partial charge in [-0.1, -0.05) is 0 Å². The summed E-state index contributed by atoms with van der Waals surface area (Å²) in [5.74, 6) is -0.0769. The molecule has 1 aromatic heterocycles. The van der Waals surface area contributed by atoms with Crippen molar-refractivity contribution in [1.82, 2.24) is 9.97 Å². The van der Waals surface area contributed by atoms with Crippen LogP contribution in [0.25, 0.3) is 0 Å². The van der Waals surface area contributed by atoms with E-state index < -0.39 is 37.1 Å². The number of rotatable bonds is 5. The number of fused-ring (bicyclic) bond motifs is 1. The van der Waals surface area contributed by atoms with Crippen LogP contribution in [0.5, 0.6) is 0 Å². The number of aliphatic hydroxyl groups is 3. The summed E-state index contributed by atoms with van der Waals surface area (Å²) < 4.78 is 5.54. The van der Waals surface area contributed by atoms with Gasteiger partial charge in [-0.2, -0.15) is 9.97 Å². The lowest BCUT2D eigenvalue weighted by Gasteiger charge is -2.28. The first kappa shape index (κ1) is 17.9. The zero-order valence-electron chi connectivity index (χ0n) is 13.1. The molecule has 1 fully saturated rings. The third-order valence-electron chi connectivity index (χ3n) is 4.23. The molecule has 2 aliphatic rings. The maximum Gasteiger partial charge on any atom is 0.226 e. The van der Waals surface area contributed by atoms with E-state index in [1.54, 1.807) is 9.80 Å². The van der Waals surface area contributed by atoms with E-state index in [2.05, 4.69) is 9.97 Å². The summed E-state index contributed by atoms with van der Waals surface area (Å²) >= 11 is 5.88. The van der Waals surface area contributed by atoms with Crippen molar-refractivity contribution >= 4 is 34.8 Å². The molecule has 4 atom stereocenters. The Morgan fingerprint density at radius 1 is 1.36 bits per heavy atom. The molecule has 25 heavy (non-hydrogen) atoms. The number of amides is 1. The Labute approximate surface area is 147 Å². The van der Waals surface area contributed by atoms with Crippen LogP contribution in [-0.4, -0.2) is 75.6 Å². The van der Waals surface area contributed by atoms with E-state index in [1.807, 2.05) is 0 Å². The topological polar surface area (TPSA) is 171 Å². The summed E-state index contributed by atoms with van der Waals surface area (Å²) in [6.45, 7) is -0.0370. The summed E-state index contributed by atoms with van der Waals surface area (Å²) in [4.78, 5) is 22.4. The van der Waals surface area contributed by atoms with Crippen LogP contribution >= 0.6 is 11.6 Å². The maximum absolute atomic E-state index is 11.1. The van der Waals surface area contributed by atoms with E-state index in [0.717, 1.165) is 0 Å². The number of aliphatic hydroxyl groups excluding tert-OH is 3. The van der Waals surface area contributed by atoms with E-state index in [0.29, 0.717) is 11.5 Å². The number of halogens is 1. The molecule has 0 spiro atoms. The van der Waals surface area contributed by atoms with Gasteiger partial charge in [0, 0.05) is 13.0 Å². The van der Waals surface area contributed by atoms with E-state index in [4.69, 9.17) is 27.8 Å². The third kappa shape index (κ3) is 3.16. The van der Waals surface area contributed by atoms with Crippen molar-refractivity contribution in [2.24, 2.45) is 5.73 Å². The molecule has 3 rings (SSSR count). The standard InChI is InChI=1S/C13H19ClN6O5/c14-13-17-10(16)7-11(18-13)20(4-19(7)2-1-6(15)22)12-9(24)8(23)5(3-21)25-12/h5,8-9,12,21,23-24H,1-4H2,(H2,15,22)(H2,16,17,18)/t5-,8?,9?,12-/m1/s1. The molecule has 2 unspecified atom stereocenters. The molecule has 0 aromatic carbocycles. The molecule has 0 aliphatic carbocycles. The summed E-state index contributed by atoms with van der Waals surface area (Å²) in [6, 6.07) is 0. The van der Waals surface area contributed by atoms with Crippen LogP contribution < -0.4 is 21.3 Å². The van der Waals surface area contributed by atoms with Crippen LogP contribution in [0.15, 0.2) is 0 Å². The molecule has 1 aromatic rings. The predicted octanol–water partition coefficient (Wildman–Crippen LogP) is -2.39. The lowest BCUT2D eigenvalue weighted by molar-refractivity contribution is -0.117. The molecular formula is C13H19ClN6O5. The van der Waals surface area contributed by atoms with Gasteiger partial charge in [-0.05, 0) is 11.6 Å². The highest BCUT2D eigenvalue weighted by molar-refractivity contribution is 6.28. The van der Waals surface area contributed by atoms with Crippen molar-refractivity contribution in [2.75, 3.05) is 35.4 Å². The zero-order chi connectivity index (χ0) is 18.3. The highest BCUT2D eigenvalue weighted by Gasteiger charge is 2.48. The fourth-order valence-corrected chi connectivity index (χ4v) is 3.19. The molecule has 7 N–H and O–H groups in total. The SMILES string of the molecule is NC(=O)CCN1CN([C@@H]2O[C@H](CO)C(O)C2O)c2nc(Cl)nc(N)c21. The first-order chi connectivity index (χ1) is 11.8. The van der Waals surface area contributed by atoms with Gasteiger partial charge in [0.05, 0.1) is 13.3 Å². The lowest BCUT2D eigenvalue weighted by atomic mass is 10.1. The second kappa shape index (κ2) is 6.77. The number of hydrogen-bond donors (Lipinski definition) is 5. The first-order valence-corrected chi connectivity index (χ1v) is 7.96. The number of carbonyl (C=O) groups excluding carboxylic acids is 1. The van der Waals surface area contributed by atoms with Crippen LogP contribution in [-0.2, 0) is 9.53 Å². The summed E-state index contributed by atoms with van der Waals surface area (Å²) in [7, 11) is 0. The minimum atomic E-state index is -1.28. The molecule has 0 saturated carbocycles. The molecule has 0 radical (unpaired) electrons. The number of nitrogens with zero attached hydrogens (tertiary/aromatic N) is 4. The van der Waals surface area contributed by atoms with Crippen molar-refractivity contribution in [2.45, 2.75) is 31.0 Å². The van der Waals surface area contributed by atoms with Gasteiger partial charge in [0.15, 0.2) is 17.9 Å². The van der Waals surface area contributed by atoms with Gasteiger partial charge in [-0.15, -0.1) is 0 Å². The number of ether oxygens (including phenoxy) is 1. The molecule has 0 bridgehead atoms. The van der Waals surface area contributed by atoms with Crippen molar-refractivity contribution in [3.05, 3.63) is 5.28 Å². The average molecular weight is 375 g/mol. The second-order valence-corrected chi connectivity index (χ2v) is 6.21. The molecule has 3 heterocycles. The molecule has 11 nitrogen and oxygen atoms in total. The summed E-state index contributed by atoms with van der Waals surface area (Å²) in [6.07, 6.45) is -4.37. The Morgan fingerprint density at radius 2 is 2.08 bits per heavy atom. The predicted molar refractivity (Wildman–Crippen MR) is 87.7 cm³/mol. The lowest BCUT2D eigenvalue weighted by Crippen LogP contribution is -2.46. The summed E-state index contributed by atoms with van der Waals surface area (Å²) in [5.41, 5.74) is 11.6. The molecule has 1 amide bonds. The number of primary amides is 1. The quantitative estimate of drug-likeness (QED) is 0.350. The van der Waals surface area contributed by atoms with Gasteiger partial charge in [0.1, 0.15) is 24.0 Å². The van der Waals surface area contributed by atoms with Crippen molar-refractivity contribution in [3.63, 3.8) is 0 Å². The van der Waals surface area contributed by atoms with Gasteiger partial charge < -0.3 is 41.3 Å². The van der Waals surface area contributed by atoms with Gasteiger partial charge in [0.2, 0.25) is 11.2 Å². The van der Waals surface area contributed by atoms with E-state index >= 15 is 0 Å². The second-order valence-electron chi connectivity index (χ2n) is 5.87. The van der Waals surface area contributed by atoms with E-state index in [9.17, 15) is 20.1 Å². The van der Waals surface area contributed by atoms with Gasteiger partial charge in [-0.25, -0.2) is 0 Å².